The molecule has 1 unspecified atom stereocenters. The van der Waals surface area contributed by atoms with E-state index < -0.39 is 0 Å². The maximum Gasteiger partial charge on any atom is 0.258 e. The number of nitrogens with one attached hydrogen (secondary N) is 1. The van der Waals surface area contributed by atoms with E-state index in [2.05, 4.69) is 17.1 Å². The fourth-order valence-corrected chi connectivity index (χ4v) is 4.42. The van der Waals surface area contributed by atoms with Crippen LogP contribution in [-0.2, 0) is 0 Å². The van der Waals surface area contributed by atoms with Crippen LogP contribution < -0.4 is 19.9 Å². The van der Waals surface area contributed by atoms with Crippen molar-refractivity contribution in [1.29, 1.82) is 0 Å². The number of benzene rings is 2. The molecule has 174 valence electrons. The molecule has 0 aromatic heterocycles. The number of ether oxygens (including phenoxy) is 1. The molecule has 2 aliphatic rings. The Morgan fingerprint density at radius 1 is 1.22 bits per heavy atom. The number of rotatable bonds is 9. The summed E-state index contributed by atoms with van der Waals surface area (Å²) < 4.78 is 20.8. The average molecular weight is 442 g/mol. The molecule has 1 N–H and O–H groups in total. The molecule has 4 rings (SSSR count). The van der Waals surface area contributed by atoms with Gasteiger partial charge in [-0.3, -0.25) is 4.79 Å². The summed E-state index contributed by atoms with van der Waals surface area (Å²) in [6.07, 6.45) is 6.08. The van der Waals surface area contributed by atoms with E-state index in [0.29, 0.717) is 29.6 Å². The summed E-state index contributed by atoms with van der Waals surface area (Å²) in [5.41, 5.74) is 1.84. The summed E-state index contributed by atoms with van der Waals surface area (Å²) in [4.78, 5) is 17.3. The molecule has 2 aromatic carbocycles. The molecule has 1 amide bonds. The largest absolute Gasteiger partial charge is 0.494 e. The Bertz CT molecular complexity index is 920. The molecule has 0 bridgehead atoms. The van der Waals surface area contributed by atoms with Crippen molar-refractivity contribution >= 4 is 17.3 Å². The molecule has 2 aromatic rings. The monoisotopic (exact) mass is 441 g/mol. The lowest BCUT2D eigenvalue weighted by Gasteiger charge is -2.38. The Morgan fingerprint density at radius 3 is 2.59 bits per heavy atom. The van der Waals surface area contributed by atoms with Crippen LogP contribution in [0.1, 0.15) is 57.2 Å². The van der Waals surface area contributed by atoms with E-state index >= 15 is 4.39 Å². The van der Waals surface area contributed by atoms with E-state index in [-0.39, 0.29) is 19.2 Å². The average Bonchev–Trinajstić information content (AvgIpc) is 3.25. The predicted molar refractivity (Wildman–Crippen MR) is 129 cm³/mol. The van der Waals surface area contributed by atoms with Gasteiger partial charge in [-0.2, -0.15) is 0 Å². The third-order valence-corrected chi connectivity index (χ3v) is 6.67. The molecule has 1 saturated heterocycles. The highest BCUT2D eigenvalue weighted by Gasteiger charge is 2.32. The highest BCUT2D eigenvalue weighted by molar-refractivity contribution is 6.06. The van der Waals surface area contributed by atoms with Crippen molar-refractivity contribution in [1.82, 2.24) is 5.32 Å². The molecule has 1 heterocycles. The molecule has 1 saturated carbocycles. The van der Waals surface area contributed by atoms with Gasteiger partial charge < -0.3 is 19.9 Å². The Balaban J connectivity index is 0.00000306. The second-order valence-corrected chi connectivity index (χ2v) is 8.84. The third kappa shape index (κ3) is 4.90. The van der Waals surface area contributed by atoms with Gasteiger partial charge in [0.2, 0.25) is 0 Å². The van der Waals surface area contributed by atoms with E-state index in [0.717, 1.165) is 57.4 Å². The van der Waals surface area contributed by atoms with Crippen LogP contribution in [0.15, 0.2) is 42.5 Å². The smallest absolute Gasteiger partial charge is 0.258 e. The Morgan fingerprint density at radius 2 is 2.00 bits per heavy atom. The van der Waals surface area contributed by atoms with Gasteiger partial charge in [-0.25, -0.2) is 4.39 Å². The van der Waals surface area contributed by atoms with Gasteiger partial charge in [-0.15, -0.1) is 0 Å². The molecule has 1 aliphatic heterocycles. The van der Waals surface area contributed by atoms with Crippen LogP contribution in [0.2, 0.25) is 0 Å². The molecular weight excluding hydrogens is 405 g/mol. The van der Waals surface area contributed by atoms with Gasteiger partial charge in [0.1, 0.15) is 11.6 Å². The Hall–Kier alpha value is -2.60. The second-order valence-electron chi connectivity index (χ2n) is 8.84. The first-order valence-electron chi connectivity index (χ1n) is 11.9. The number of carbonyl (C=O) groups excluding carboxylic acids is 1. The van der Waals surface area contributed by atoms with Crippen LogP contribution in [0, 0.1) is 5.82 Å². The van der Waals surface area contributed by atoms with Crippen molar-refractivity contribution in [3.05, 3.63) is 53.8 Å². The Labute approximate surface area is 192 Å². The van der Waals surface area contributed by atoms with Crippen LogP contribution in [0.4, 0.5) is 15.8 Å². The van der Waals surface area contributed by atoms with E-state index in [1.54, 1.807) is 4.90 Å². The fourth-order valence-electron chi connectivity index (χ4n) is 4.42. The standard InChI is InChI=1S/C26H34FN3O2.H2/c1-3-4-16-32-23-11-8-19(9-12-23)26(31)30(21-6-5-7-21)22-10-13-25(24(27)17-22)29-15-14-20(18-29)28-2;/h8-13,17,20-21,28H,3-7,14-16,18H2,1-2H3;1H. The van der Waals surface area contributed by atoms with Gasteiger partial charge in [0.05, 0.1) is 12.3 Å². The summed E-state index contributed by atoms with van der Waals surface area (Å²) in [5, 5.41) is 3.27. The fraction of sp³-hybridized carbons (Fsp3) is 0.500. The zero-order chi connectivity index (χ0) is 22.5. The van der Waals surface area contributed by atoms with Gasteiger partial charge in [0.15, 0.2) is 0 Å². The van der Waals surface area contributed by atoms with E-state index in [4.69, 9.17) is 4.74 Å². The summed E-state index contributed by atoms with van der Waals surface area (Å²) in [6.45, 7) is 4.43. The summed E-state index contributed by atoms with van der Waals surface area (Å²) in [7, 11) is 1.94. The predicted octanol–water partition coefficient (Wildman–Crippen LogP) is 5.25. The first kappa shape index (κ1) is 22.6. The van der Waals surface area contributed by atoms with Crippen LogP contribution >= 0.6 is 0 Å². The SMILES string of the molecule is CCCCOc1ccc(C(=O)N(c2ccc(N3CCC(NC)C3)c(F)c2)C2CCC2)cc1.[HH]. The highest BCUT2D eigenvalue weighted by atomic mass is 19.1. The second kappa shape index (κ2) is 10.3. The highest BCUT2D eigenvalue weighted by Crippen LogP contribution is 2.34. The lowest BCUT2D eigenvalue weighted by atomic mass is 9.90. The Kier molecular flexibility index (Phi) is 7.30. The first-order chi connectivity index (χ1) is 15.6. The number of hydrogen-bond acceptors (Lipinski definition) is 4. The molecule has 1 aliphatic carbocycles. The minimum absolute atomic E-state index is 0. The number of halogens is 1. The topological polar surface area (TPSA) is 44.8 Å². The minimum atomic E-state index is -0.268. The lowest BCUT2D eigenvalue weighted by Crippen LogP contribution is -2.44. The number of likely N-dealkylation sites (N-methyl/N-ethyl adjacent to an activating group) is 1. The van der Waals surface area contributed by atoms with Crippen molar-refractivity contribution in [2.45, 2.75) is 57.5 Å². The zero-order valence-corrected chi connectivity index (χ0v) is 19.1. The quantitative estimate of drug-likeness (QED) is 0.540. The van der Waals surface area contributed by atoms with Crippen molar-refractivity contribution in [3.8, 4) is 5.75 Å². The minimum Gasteiger partial charge on any atom is -0.494 e. The third-order valence-electron chi connectivity index (χ3n) is 6.67. The number of anilines is 2. The lowest BCUT2D eigenvalue weighted by molar-refractivity contribution is 0.0964. The molecule has 6 heteroatoms. The number of hydrogen-bond donors (Lipinski definition) is 1. The van der Waals surface area contributed by atoms with Crippen molar-refractivity contribution in [2.75, 3.05) is 36.5 Å². The van der Waals surface area contributed by atoms with E-state index in [9.17, 15) is 4.79 Å². The molecule has 32 heavy (non-hydrogen) atoms. The van der Waals surface area contributed by atoms with E-state index in [1.807, 2.05) is 43.4 Å². The number of amides is 1. The molecule has 0 spiro atoms. The van der Waals surface area contributed by atoms with Crippen LogP contribution in [0.3, 0.4) is 0 Å². The van der Waals surface area contributed by atoms with Crippen molar-refractivity contribution in [2.24, 2.45) is 0 Å². The molecule has 0 radical (unpaired) electrons. The van der Waals surface area contributed by atoms with Crippen molar-refractivity contribution < 1.29 is 15.3 Å². The summed E-state index contributed by atoms with van der Waals surface area (Å²) in [6, 6.07) is 13.1. The first-order valence-corrected chi connectivity index (χ1v) is 11.9. The van der Waals surface area contributed by atoms with Crippen molar-refractivity contribution in [3.63, 3.8) is 0 Å². The van der Waals surface area contributed by atoms with Gasteiger partial charge in [-0.05, 0) is 81.6 Å². The zero-order valence-electron chi connectivity index (χ0n) is 19.1. The molecule has 1 atom stereocenters. The van der Waals surface area contributed by atoms with Gasteiger partial charge in [-0.1, -0.05) is 13.3 Å². The molecule has 5 nitrogen and oxygen atoms in total. The summed E-state index contributed by atoms with van der Waals surface area (Å²) >= 11 is 0. The number of unbranched alkanes of at least 4 members (excludes halogenated alkanes) is 1. The van der Waals surface area contributed by atoms with Gasteiger partial charge in [0.25, 0.3) is 5.91 Å². The van der Waals surface area contributed by atoms with Gasteiger partial charge >= 0.3 is 0 Å². The maximum atomic E-state index is 15.1. The molecular formula is C26H36FN3O2. The van der Waals surface area contributed by atoms with Crippen LogP contribution in [0.5, 0.6) is 5.75 Å². The number of carbonyl (C=O) groups is 1. The normalized spacial score (nSPS) is 18.5. The number of nitrogens with zero attached hydrogens (tertiary/aromatic N) is 2. The van der Waals surface area contributed by atoms with E-state index in [1.165, 1.54) is 6.07 Å². The van der Waals surface area contributed by atoms with Gasteiger partial charge in [0, 0.05) is 37.9 Å². The summed E-state index contributed by atoms with van der Waals surface area (Å²) in [5.74, 6) is 0.417. The van der Waals surface area contributed by atoms with Crippen LogP contribution in [-0.4, -0.2) is 44.7 Å². The molecule has 2 fully saturated rings. The maximum absolute atomic E-state index is 15.1. The van der Waals surface area contributed by atoms with Crippen LogP contribution in [0.25, 0.3) is 0 Å².